The van der Waals surface area contributed by atoms with E-state index in [1.54, 1.807) is 6.92 Å². The van der Waals surface area contributed by atoms with Gasteiger partial charge in [0, 0.05) is 13.1 Å². The fraction of sp³-hybridized carbons (Fsp3) is 0.562. The number of para-hydroxylation sites is 1. The molecule has 140 valence electrons. The van der Waals surface area contributed by atoms with Gasteiger partial charge in [-0.1, -0.05) is 19.1 Å². The van der Waals surface area contributed by atoms with Crippen LogP contribution in [0.15, 0.2) is 24.3 Å². The summed E-state index contributed by atoms with van der Waals surface area (Å²) >= 11 is 0. The zero-order valence-electron chi connectivity index (χ0n) is 13.8. The number of halogens is 3. The molecule has 2 rings (SSSR count). The zero-order valence-corrected chi connectivity index (χ0v) is 14.7. The van der Waals surface area contributed by atoms with Gasteiger partial charge in [-0.3, -0.25) is 4.79 Å². The van der Waals surface area contributed by atoms with Crippen LogP contribution in [0, 0.1) is 5.92 Å². The normalized spacial score (nSPS) is 19.6. The summed E-state index contributed by atoms with van der Waals surface area (Å²) in [6.07, 6.45) is -3.16. The van der Waals surface area contributed by atoms with E-state index in [-0.39, 0.29) is 18.0 Å². The molecule has 1 saturated heterocycles. The minimum absolute atomic E-state index is 0.00174. The number of alkyl halides is 3. The van der Waals surface area contributed by atoms with Gasteiger partial charge < -0.3 is 5.32 Å². The number of anilines is 1. The lowest BCUT2D eigenvalue weighted by Crippen LogP contribution is -2.44. The SMILES string of the molecule is CCCS(=O)(=O)N1CCCC(C(=O)Nc2ccccc2C(F)(F)F)C1. The van der Waals surface area contributed by atoms with Gasteiger partial charge in [0.05, 0.1) is 22.9 Å². The van der Waals surface area contributed by atoms with Crippen LogP contribution in [-0.2, 0) is 21.0 Å². The molecule has 0 saturated carbocycles. The van der Waals surface area contributed by atoms with Gasteiger partial charge >= 0.3 is 6.18 Å². The lowest BCUT2D eigenvalue weighted by Gasteiger charge is -2.31. The van der Waals surface area contributed by atoms with Gasteiger partial charge in [0.2, 0.25) is 15.9 Å². The summed E-state index contributed by atoms with van der Waals surface area (Å²) in [4.78, 5) is 12.4. The van der Waals surface area contributed by atoms with E-state index in [1.165, 1.54) is 22.5 Å². The van der Waals surface area contributed by atoms with Gasteiger partial charge in [-0.05, 0) is 31.4 Å². The molecule has 0 radical (unpaired) electrons. The van der Waals surface area contributed by atoms with Gasteiger partial charge in [0.25, 0.3) is 0 Å². The molecule has 1 aliphatic rings. The first kappa shape index (κ1) is 19.7. The first-order valence-corrected chi connectivity index (χ1v) is 9.71. The average Bonchev–Trinajstić information content (AvgIpc) is 2.54. The Morgan fingerprint density at radius 3 is 2.64 bits per heavy atom. The highest BCUT2D eigenvalue weighted by Gasteiger charge is 2.35. The highest BCUT2D eigenvalue weighted by Crippen LogP contribution is 2.35. The number of amides is 1. The summed E-state index contributed by atoms with van der Waals surface area (Å²) in [5.74, 6) is -1.26. The van der Waals surface area contributed by atoms with E-state index in [0.29, 0.717) is 25.8 Å². The van der Waals surface area contributed by atoms with Gasteiger partial charge in [-0.15, -0.1) is 0 Å². The number of nitrogens with one attached hydrogen (secondary N) is 1. The second-order valence-corrected chi connectivity index (χ2v) is 8.13. The summed E-state index contributed by atoms with van der Waals surface area (Å²) in [6.45, 7) is 2.09. The van der Waals surface area contributed by atoms with Crippen molar-refractivity contribution in [3.8, 4) is 0 Å². The minimum atomic E-state index is -4.58. The molecule has 0 bridgehead atoms. The molecular weight excluding hydrogens is 357 g/mol. The van der Waals surface area contributed by atoms with Crippen LogP contribution in [0.2, 0.25) is 0 Å². The van der Waals surface area contributed by atoms with Gasteiger partial charge in [0.1, 0.15) is 0 Å². The Hall–Kier alpha value is -1.61. The molecule has 1 unspecified atom stereocenters. The molecule has 1 aromatic rings. The topological polar surface area (TPSA) is 66.5 Å². The smallest absolute Gasteiger partial charge is 0.325 e. The molecule has 1 heterocycles. The van der Waals surface area contributed by atoms with Crippen LogP contribution in [0.5, 0.6) is 0 Å². The number of hydrogen-bond acceptors (Lipinski definition) is 3. The number of nitrogens with zero attached hydrogens (tertiary/aromatic N) is 1. The van der Waals surface area contributed by atoms with Crippen LogP contribution in [0.25, 0.3) is 0 Å². The highest BCUT2D eigenvalue weighted by atomic mass is 32.2. The number of benzene rings is 1. The first-order chi connectivity index (χ1) is 11.6. The Morgan fingerprint density at radius 1 is 1.32 bits per heavy atom. The Kier molecular flexibility index (Phi) is 6.10. The quantitative estimate of drug-likeness (QED) is 0.856. The van der Waals surface area contributed by atoms with Crippen molar-refractivity contribution < 1.29 is 26.4 Å². The van der Waals surface area contributed by atoms with Crippen molar-refractivity contribution in [2.75, 3.05) is 24.2 Å². The van der Waals surface area contributed by atoms with E-state index in [9.17, 15) is 26.4 Å². The van der Waals surface area contributed by atoms with Crippen LogP contribution >= 0.6 is 0 Å². The lowest BCUT2D eigenvalue weighted by molar-refractivity contribution is -0.137. The number of carbonyl (C=O) groups is 1. The zero-order chi connectivity index (χ0) is 18.7. The number of carbonyl (C=O) groups excluding carboxylic acids is 1. The molecule has 1 aliphatic heterocycles. The summed E-state index contributed by atoms with van der Waals surface area (Å²) in [6, 6.07) is 4.74. The molecule has 0 spiro atoms. The average molecular weight is 378 g/mol. The largest absolute Gasteiger partial charge is 0.418 e. The molecule has 5 nitrogen and oxygen atoms in total. The fourth-order valence-electron chi connectivity index (χ4n) is 2.87. The van der Waals surface area contributed by atoms with Crippen molar-refractivity contribution in [1.29, 1.82) is 0 Å². The predicted octanol–water partition coefficient (Wildman–Crippen LogP) is 3.10. The number of rotatable bonds is 5. The standard InChI is InChI=1S/C16H21F3N2O3S/c1-2-10-25(23,24)21-9-5-6-12(11-21)15(22)20-14-8-4-3-7-13(14)16(17,18)19/h3-4,7-8,12H,2,5-6,9-11H2,1H3,(H,20,22). The minimum Gasteiger partial charge on any atom is -0.325 e. The maximum atomic E-state index is 13.0. The van der Waals surface area contributed by atoms with E-state index in [1.807, 2.05) is 0 Å². The lowest BCUT2D eigenvalue weighted by atomic mass is 9.98. The summed E-state index contributed by atoms with van der Waals surface area (Å²) in [5.41, 5.74) is -1.23. The van der Waals surface area contributed by atoms with Gasteiger partial charge in [0.15, 0.2) is 0 Å². The van der Waals surface area contributed by atoms with Gasteiger partial charge in [-0.2, -0.15) is 13.2 Å². The molecule has 1 amide bonds. The van der Waals surface area contributed by atoms with Gasteiger partial charge in [-0.25, -0.2) is 12.7 Å². The monoisotopic (exact) mass is 378 g/mol. The molecule has 25 heavy (non-hydrogen) atoms. The molecule has 1 N–H and O–H groups in total. The highest BCUT2D eigenvalue weighted by molar-refractivity contribution is 7.89. The van der Waals surface area contributed by atoms with Crippen LogP contribution < -0.4 is 5.32 Å². The third kappa shape index (κ3) is 4.94. The molecular formula is C16H21F3N2O3S. The third-order valence-electron chi connectivity index (χ3n) is 4.10. The molecule has 1 atom stereocenters. The first-order valence-electron chi connectivity index (χ1n) is 8.10. The van der Waals surface area contributed by atoms with Crippen molar-refractivity contribution in [3.05, 3.63) is 29.8 Å². The Bertz CT molecular complexity index is 720. The summed E-state index contributed by atoms with van der Waals surface area (Å²) in [5, 5.41) is 2.31. The second kappa shape index (κ2) is 7.74. The Balaban J connectivity index is 2.12. The maximum absolute atomic E-state index is 13.0. The molecule has 0 aromatic heterocycles. The van der Waals surface area contributed by atoms with Crippen LogP contribution in [-0.4, -0.2) is 37.5 Å². The molecule has 0 aliphatic carbocycles. The second-order valence-electron chi connectivity index (χ2n) is 6.05. The summed E-state index contributed by atoms with van der Waals surface area (Å²) in [7, 11) is -3.43. The third-order valence-corrected chi connectivity index (χ3v) is 6.14. The van der Waals surface area contributed by atoms with E-state index in [2.05, 4.69) is 5.32 Å². The van der Waals surface area contributed by atoms with Crippen molar-refractivity contribution >= 4 is 21.6 Å². The van der Waals surface area contributed by atoms with Crippen molar-refractivity contribution in [3.63, 3.8) is 0 Å². The Morgan fingerprint density at radius 2 is 2.00 bits per heavy atom. The number of piperidine rings is 1. The van der Waals surface area contributed by atoms with E-state index in [4.69, 9.17) is 0 Å². The van der Waals surface area contributed by atoms with Crippen molar-refractivity contribution in [1.82, 2.24) is 4.31 Å². The number of sulfonamides is 1. The van der Waals surface area contributed by atoms with Crippen LogP contribution in [0.4, 0.5) is 18.9 Å². The van der Waals surface area contributed by atoms with E-state index >= 15 is 0 Å². The van der Waals surface area contributed by atoms with Crippen LogP contribution in [0.3, 0.4) is 0 Å². The van der Waals surface area contributed by atoms with E-state index < -0.39 is 33.6 Å². The van der Waals surface area contributed by atoms with Crippen molar-refractivity contribution in [2.24, 2.45) is 5.92 Å². The predicted molar refractivity (Wildman–Crippen MR) is 88.4 cm³/mol. The summed E-state index contributed by atoms with van der Waals surface area (Å²) < 4.78 is 64.6. The van der Waals surface area contributed by atoms with E-state index in [0.717, 1.165) is 6.07 Å². The Labute approximate surface area is 145 Å². The fourth-order valence-corrected chi connectivity index (χ4v) is 4.46. The number of hydrogen-bond donors (Lipinski definition) is 1. The maximum Gasteiger partial charge on any atom is 0.418 e. The van der Waals surface area contributed by atoms with Crippen LogP contribution in [0.1, 0.15) is 31.7 Å². The van der Waals surface area contributed by atoms with Crippen molar-refractivity contribution in [2.45, 2.75) is 32.4 Å². The molecule has 9 heteroatoms. The molecule has 1 aromatic carbocycles. The molecule has 1 fully saturated rings.